The van der Waals surface area contributed by atoms with Crippen LogP contribution in [0.4, 0.5) is 0 Å². The standard InChI is InChI=1S/C63H114N2O4/c1-7-13-17-19-21-23-25-27-29-30-31-33-35-37-39-41-43-47-60(66)56-51-57(61(67)49-48-54(11-5)45-15-9-3)58(52-59(56)63(69)65-53-55(12-6)46-16-10-4)62(68)64-50-44-42-40-38-36-34-32-28-26-24-22-20-18-14-8-2/h51-52,54-55H,7-50,53H2,1-6H3,(H,64,68)(H,65,69). The molecule has 0 bridgehead atoms. The molecule has 0 fully saturated rings. The lowest BCUT2D eigenvalue weighted by molar-refractivity contribution is 0.0915. The molecule has 1 aromatic carbocycles. The van der Waals surface area contributed by atoms with E-state index in [2.05, 4.69) is 52.2 Å². The van der Waals surface area contributed by atoms with Crippen molar-refractivity contribution in [1.29, 1.82) is 0 Å². The van der Waals surface area contributed by atoms with Crippen LogP contribution in [0.25, 0.3) is 0 Å². The molecule has 2 N–H and O–H groups in total. The van der Waals surface area contributed by atoms with Gasteiger partial charge in [-0.1, -0.05) is 279 Å². The second kappa shape index (κ2) is 46.6. The van der Waals surface area contributed by atoms with Gasteiger partial charge < -0.3 is 10.6 Å². The summed E-state index contributed by atoms with van der Waals surface area (Å²) < 4.78 is 0. The van der Waals surface area contributed by atoms with Crippen molar-refractivity contribution < 1.29 is 19.2 Å². The smallest absolute Gasteiger partial charge is 0.252 e. The number of rotatable bonds is 51. The molecule has 0 saturated heterocycles. The number of hydrogen-bond donors (Lipinski definition) is 2. The number of carbonyl (C=O) groups is 4. The molecule has 6 heteroatoms. The van der Waals surface area contributed by atoms with Crippen LogP contribution in [0, 0.1) is 11.8 Å². The predicted molar refractivity (Wildman–Crippen MR) is 299 cm³/mol. The van der Waals surface area contributed by atoms with E-state index in [1.807, 2.05) is 0 Å². The van der Waals surface area contributed by atoms with E-state index in [1.54, 1.807) is 12.1 Å². The van der Waals surface area contributed by atoms with E-state index in [1.165, 1.54) is 167 Å². The average molecular weight is 964 g/mol. The number of carbonyl (C=O) groups excluding carboxylic acids is 4. The largest absolute Gasteiger partial charge is 0.352 e. The van der Waals surface area contributed by atoms with Gasteiger partial charge in [0.2, 0.25) is 0 Å². The lowest BCUT2D eigenvalue weighted by Gasteiger charge is -2.19. The van der Waals surface area contributed by atoms with E-state index >= 15 is 0 Å². The lowest BCUT2D eigenvalue weighted by atomic mass is 9.88. The summed E-state index contributed by atoms with van der Waals surface area (Å²) >= 11 is 0. The number of hydrogen-bond acceptors (Lipinski definition) is 4. The van der Waals surface area contributed by atoms with Gasteiger partial charge in [-0.25, -0.2) is 0 Å². The van der Waals surface area contributed by atoms with Crippen molar-refractivity contribution in [2.24, 2.45) is 11.8 Å². The molecular formula is C63H114N2O4. The monoisotopic (exact) mass is 963 g/mol. The van der Waals surface area contributed by atoms with E-state index in [9.17, 15) is 19.2 Å². The number of unbranched alkanes of at least 4 members (excludes halogenated alkanes) is 32. The van der Waals surface area contributed by atoms with Gasteiger partial charge in [0.1, 0.15) is 0 Å². The van der Waals surface area contributed by atoms with Gasteiger partial charge in [0.25, 0.3) is 11.8 Å². The van der Waals surface area contributed by atoms with Gasteiger partial charge in [-0.3, -0.25) is 19.2 Å². The van der Waals surface area contributed by atoms with Crippen molar-refractivity contribution in [2.45, 2.75) is 318 Å². The maximum absolute atomic E-state index is 14.2. The molecule has 1 rings (SSSR count). The second-order valence-electron chi connectivity index (χ2n) is 21.5. The summed E-state index contributed by atoms with van der Waals surface area (Å²) in [5.74, 6) is -0.0602. The molecule has 0 heterocycles. The van der Waals surface area contributed by atoms with Crippen LogP contribution in [0.15, 0.2) is 12.1 Å². The van der Waals surface area contributed by atoms with Crippen LogP contribution in [0.5, 0.6) is 0 Å². The van der Waals surface area contributed by atoms with Crippen molar-refractivity contribution in [3.8, 4) is 0 Å². The third kappa shape index (κ3) is 33.7. The van der Waals surface area contributed by atoms with Crippen LogP contribution >= 0.6 is 0 Å². The first-order valence-corrected chi connectivity index (χ1v) is 30.6. The molecule has 0 spiro atoms. The molecule has 1 aromatic rings. The van der Waals surface area contributed by atoms with Gasteiger partial charge >= 0.3 is 0 Å². The third-order valence-corrected chi connectivity index (χ3v) is 15.2. The van der Waals surface area contributed by atoms with Crippen molar-refractivity contribution in [2.75, 3.05) is 13.1 Å². The molecule has 0 radical (unpaired) electrons. The Morgan fingerprint density at radius 1 is 0.333 bits per heavy atom. The fraction of sp³-hybridized carbons (Fsp3) is 0.841. The maximum atomic E-state index is 14.2. The molecule has 0 aliphatic carbocycles. The van der Waals surface area contributed by atoms with E-state index in [0.717, 1.165) is 96.3 Å². The minimum absolute atomic E-state index is 0.104. The molecule has 69 heavy (non-hydrogen) atoms. The zero-order chi connectivity index (χ0) is 50.4. The Morgan fingerprint density at radius 2 is 0.652 bits per heavy atom. The summed E-state index contributed by atoms with van der Waals surface area (Å²) in [4.78, 5) is 56.7. The van der Waals surface area contributed by atoms with Crippen molar-refractivity contribution >= 4 is 23.4 Å². The van der Waals surface area contributed by atoms with Gasteiger partial charge in [-0.2, -0.15) is 0 Å². The highest BCUT2D eigenvalue weighted by atomic mass is 16.2. The van der Waals surface area contributed by atoms with Crippen molar-refractivity contribution in [1.82, 2.24) is 10.6 Å². The molecular weight excluding hydrogens is 849 g/mol. The highest BCUT2D eigenvalue weighted by Crippen LogP contribution is 2.26. The Labute approximate surface area is 428 Å². The number of ketones is 2. The molecule has 2 unspecified atom stereocenters. The lowest BCUT2D eigenvalue weighted by Crippen LogP contribution is -2.32. The molecule has 0 aliphatic rings. The maximum Gasteiger partial charge on any atom is 0.252 e. The zero-order valence-electron chi connectivity index (χ0n) is 46.8. The number of Topliss-reactive ketones (excluding diaryl/α,β-unsaturated/α-hetero) is 2. The van der Waals surface area contributed by atoms with Crippen LogP contribution < -0.4 is 10.6 Å². The topological polar surface area (TPSA) is 92.3 Å². The Balaban J connectivity index is 2.97. The van der Waals surface area contributed by atoms with Crippen LogP contribution in [0.2, 0.25) is 0 Å². The Kier molecular flexibility index (Phi) is 43.5. The fourth-order valence-corrected chi connectivity index (χ4v) is 10.2. The average Bonchev–Trinajstić information content (AvgIpc) is 3.36. The first-order valence-electron chi connectivity index (χ1n) is 30.6. The van der Waals surface area contributed by atoms with Gasteiger partial charge in [0, 0.05) is 37.1 Å². The highest BCUT2D eigenvalue weighted by molar-refractivity contribution is 6.14. The van der Waals surface area contributed by atoms with Crippen molar-refractivity contribution in [3.63, 3.8) is 0 Å². The Morgan fingerprint density at radius 3 is 1.04 bits per heavy atom. The van der Waals surface area contributed by atoms with Gasteiger partial charge in [0.05, 0.1) is 11.1 Å². The highest BCUT2D eigenvalue weighted by Gasteiger charge is 2.26. The van der Waals surface area contributed by atoms with Crippen LogP contribution in [-0.4, -0.2) is 36.5 Å². The first-order chi connectivity index (χ1) is 33.8. The van der Waals surface area contributed by atoms with E-state index in [4.69, 9.17) is 0 Å². The van der Waals surface area contributed by atoms with Crippen LogP contribution in [-0.2, 0) is 0 Å². The molecule has 2 atom stereocenters. The molecule has 2 amide bonds. The minimum atomic E-state index is -0.322. The number of amides is 2. The molecule has 0 aromatic heterocycles. The fourth-order valence-electron chi connectivity index (χ4n) is 10.2. The number of nitrogens with one attached hydrogen (secondary N) is 2. The first kappa shape index (κ1) is 64.5. The van der Waals surface area contributed by atoms with Gasteiger partial charge in [-0.05, 0) is 49.7 Å². The molecule has 0 aliphatic heterocycles. The normalized spacial score (nSPS) is 12.3. The SMILES string of the molecule is CCCCCCCCCCCCCCCCCCCC(=O)c1cc(C(=O)CCC(CC)CCCC)c(C(=O)NCCCCCCCCCCCCCCCCC)cc1C(=O)NCC(CC)CCCC. The van der Waals surface area contributed by atoms with E-state index in [-0.39, 0.29) is 34.5 Å². The Hall–Kier alpha value is -2.50. The summed E-state index contributed by atoms with van der Waals surface area (Å²) in [6.45, 7) is 14.3. The predicted octanol–water partition coefficient (Wildman–Crippen LogP) is 19.6. The quantitative estimate of drug-likeness (QED) is 0.0503. The van der Waals surface area contributed by atoms with Gasteiger partial charge in [-0.15, -0.1) is 0 Å². The van der Waals surface area contributed by atoms with Crippen molar-refractivity contribution in [3.05, 3.63) is 34.4 Å². The molecule has 6 nitrogen and oxygen atoms in total. The number of benzene rings is 1. The Bertz CT molecular complexity index is 1410. The molecule has 0 saturated carbocycles. The third-order valence-electron chi connectivity index (χ3n) is 15.2. The van der Waals surface area contributed by atoms with E-state index < -0.39 is 0 Å². The summed E-state index contributed by atoms with van der Waals surface area (Å²) in [5, 5.41) is 6.28. The summed E-state index contributed by atoms with van der Waals surface area (Å²) in [6.07, 6.45) is 51.0. The second-order valence-corrected chi connectivity index (χ2v) is 21.5. The van der Waals surface area contributed by atoms with Gasteiger partial charge in [0.15, 0.2) is 11.6 Å². The van der Waals surface area contributed by atoms with E-state index in [0.29, 0.717) is 48.9 Å². The van der Waals surface area contributed by atoms with Crippen LogP contribution in [0.3, 0.4) is 0 Å². The molecule has 400 valence electrons. The minimum Gasteiger partial charge on any atom is -0.352 e. The zero-order valence-corrected chi connectivity index (χ0v) is 46.8. The summed E-state index contributed by atoms with van der Waals surface area (Å²) in [6, 6.07) is 3.23. The van der Waals surface area contributed by atoms with Crippen LogP contribution in [0.1, 0.15) is 359 Å². The summed E-state index contributed by atoms with van der Waals surface area (Å²) in [7, 11) is 0. The summed E-state index contributed by atoms with van der Waals surface area (Å²) in [5.41, 5.74) is 1.07.